The van der Waals surface area contributed by atoms with Crippen molar-refractivity contribution in [3.8, 4) is 17.3 Å². The molecule has 13 heteroatoms. The molecule has 0 atom stereocenters. The van der Waals surface area contributed by atoms with E-state index >= 15 is 0 Å². The van der Waals surface area contributed by atoms with Gasteiger partial charge in [0.2, 0.25) is 5.88 Å². The molecule has 0 radical (unpaired) electrons. The molecular weight excluding hydrogens is 483 g/mol. The van der Waals surface area contributed by atoms with E-state index in [4.69, 9.17) is 4.74 Å². The second-order valence-corrected chi connectivity index (χ2v) is 7.60. The van der Waals surface area contributed by atoms with Crippen LogP contribution in [-0.2, 0) is 11.3 Å². The number of hydrogen-bond acceptors (Lipinski definition) is 7. The summed E-state index contributed by atoms with van der Waals surface area (Å²) in [5.41, 5.74) is 0.314. The van der Waals surface area contributed by atoms with Gasteiger partial charge in [0, 0.05) is 12.7 Å². The van der Waals surface area contributed by atoms with Crippen molar-refractivity contribution in [1.82, 2.24) is 19.0 Å². The highest BCUT2D eigenvalue weighted by Gasteiger charge is 2.31. The molecule has 2 aromatic heterocycles. The molecule has 194 valence electrons. The minimum absolute atomic E-state index is 0.0355. The fraction of sp³-hybridized carbons (Fsp3) is 0.348. The molecule has 0 unspecified atom stereocenters. The summed E-state index contributed by atoms with van der Waals surface area (Å²) in [6.45, 7) is 6.44. The minimum Gasteiger partial charge on any atom is -0.493 e. The highest BCUT2D eigenvalue weighted by atomic mass is 19.4. The van der Waals surface area contributed by atoms with Gasteiger partial charge in [-0.05, 0) is 49.0 Å². The molecular formula is C23H26F3N5O5. The number of ether oxygens (including phenoxy) is 2. The van der Waals surface area contributed by atoms with Crippen LogP contribution in [0.3, 0.4) is 0 Å². The quantitative estimate of drug-likeness (QED) is 0.430. The van der Waals surface area contributed by atoms with Gasteiger partial charge in [-0.1, -0.05) is 13.8 Å². The van der Waals surface area contributed by atoms with E-state index in [2.05, 4.69) is 19.9 Å². The van der Waals surface area contributed by atoms with E-state index < -0.39 is 29.8 Å². The van der Waals surface area contributed by atoms with Crippen molar-refractivity contribution in [3.63, 3.8) is 0 Å². The van der Waals surface area contributed by atoms with Crippen LogP contribution in [0.15, 0.2) is 53.7 Å². The standard InChI is InChI=1S/C23H26F3N5O5/c1-3-29(4-2)11-12-35-21(33)28-19-13-27-10-9-16(19)14-30-15-20(32)31(22(30)34)17-5-7-18(8-6-17)36-23(24,25)26/h5-10,13,15,32H,3-4,11-12,14H2,1-2H3,(H,28,33). The van der Waals surface area contributed by atoms with Crippen LogP contribution < -0.4 is 15.7 Å². The van der Waals surface area contributed by atoms with Crippen LogP contribution in [0.4, 0.5) is 23.7 Å². The summed E-state index contributed by atoms with van der Waals surface area (Å²) in [4.78, 5) is 31.2. The minimum atomic E-state index is -4.85. The predicted octanol–water partition coefficient (Wildman–Crippen LogP) is 3.58. The maximum absolute atomic E-state index is 12.9. The van der Waals surface area contributed by atoms with E-state index in [1.807, 2.05) is 13.8 Å². The van der Waals surface area contributed by atoms with Gasteiger partial charge in [0.25, 0.3) is 0 Å². The number of hydrogen-bond donors (Lipinski definition) is 2. The topological polar surface area (TPSA) is 111 Å². The molecule has 0 spiro atoms. The first-order valence-electron chi connectivity index (χ1n) is 11.1. The Labute approximate surface area is 204 Å². The number of nitrogens with zero attached hydrogens (tertiary/aromatic N) is 4. The first-order chi connectivity index (χ1) is 17.1. The molecule has 0 bridgehead atoms. The van der Waals surface area contributed by atoms with Gasteiger partial charge in [0.05, 0.1) is 30.3 Å². The van der Waals surface area contributed by atoms with Crippen LogP contribution in [0.2, 0.25) is 0 Å². The second-order valence-electron chi connectivity index (χ2n) is 7.60. The lowest BCUT2D eigenvalue weighted by molar-refractivity contribution is -0.274. The molecule has 2 N–H and O–H groups in total. The Morgan fingerprint density at radius 3 is 2.50 bits per heavy atom. The molecule has 36 heavy (non-hydrogen) atoms. The molecule has 10 nitrogen and oxygen atoms in total. The van der Waals surface area contributed by atoms with Gasteiger partial charge in [-0.25, -0.2) is 14.2 Å². The van der Waals surface area contributed by atoms with Crippen LogP contribution in [-0.4, -0.2) is 62.8 Å². The summed E-state index contributed by atoms with van der Waals surface area (Å²) in [7, 11) is 0. The molecule has 3 rings (SSSR count). The number of carbonyl (C=O) groups excluding carboxylic acids is 1. The molecule has 0 aliphatic carbocycles. The van der Waals surface area contributed by atoms with E-state index in [1.165, 1.54) is 35.3 Å². The number of benzene rings is 1. The van der Waals surface area contributed by atoms with Crippen LogP contribution in [0.25, 0.3) is 5.69 Å². The summed E-state index contributed by atoms with van der Waals surface area (Å²) >= 11 is 0. The van der Waals surface area contributed by atoms with Gasteiger partial charge in [0.15, 0.2) is 0 Å². The zero-order valence-electron chi connectivity index (χ0n) is 19.7. The molecule has 0 fully saturated rings. The monoisotopic (exact) mass is 509 g/mol. The average molecular weight is 509 g/mol. The molecule has 0 aliphatic heterocycles. The molecule has 0 aliphatic rings. The van der Waals surface area contributed by atoms with Crippen molar-refractivity contribution >= 4 is 11.8 Å². The van der Waals surface area contributed by atoms with Gasteiger partial charge in [-0.3, -0.25) is 14.9 Å². The van der Waals surface area contributed by atoms with Crippen LogP contribution >= 0.6 is 0 Å². The lowest BCUT2D eigenvalue weighted by atomic mass is 10.2. The Bertz CT molecular complexity index is 1220. The zero-order valence-corrected chi connectivity index (χ0v) is 19.7. The van der Waals surface area contributed by atoms with Crippen LogP contribution in [0.1, 0.15) is 19.4 Å². The summed E-state index contributed by atoms with van der Waals surface area (Å²) in [6, 6.07) is 6.07. The number of anilines is 1. The van der Waals surface area contributed by atoms with Crippen molar-refractivity contribution in [2.75, 3.05) is 31.6 Å². The molecule has 0 saturated heterocycles. The molecule has 1 amide bonds. The molecule has 3 aromatic rings. The maximum atomic E-state index is 12.9. The normalized spacial score (nSPS) is 11.5. The maximum Gasteiger partial charge on any atom is 0.573 e. The van der Waals surface area contributed by atoms with Gasteiger partial charge in [-0.2, -0.15) is 0 Å². The number of aromatic hydroxyl groups is 1. The molecule has 1 aromatic carbocycles. The second kappa shape index (κ2) is 11.6. The number of likely N-dealkylation sites (N-methyl/N-ethyl adjacent to an activating group) is 1. The van der Waals surface area contributed by atoms with Crippen LogP contribution in [0.5, 0.6) is 11.6 Å². The number of pyridine rings is 1. The van der Waals surface area contributed by atoms with E-state index in [1.54, 1.807) is 6.07 Å². The lowest BCUT2D eigenvalue weighted by Gasteiger charge is -2.17. The number of halogens is 3. The molecule has 0 saturated carbocycles. The Balaban J connectivity index is 1.73. The first kappa shape index (κ1) is 26.6. The fourth-order valence-corrected chi connectivity index (χ4v) is 3.44. The van der Waals surface area contributed by atoms with Crippen molar-refractivity contribution in [2.24, 2.45) is 0 Å². The van der Waals surface area contributed by atoms with E-state index in [0.717, 1.165) is 29.8 Å². The van der Waals surface area contributed by atoms with E-state index in [-0.39, 0.29) is 18.8 Å². The number of nitrogens with one attached hydrogen (secondary N) is 1. The summed E-state index contributed by atoms with van der Waals surface area (Å²) in [5, 5.41) is 12.9. The van der Waals surface area contributed by atoms with Gasteiger partial charge in [0.1, 0.15) is 12.4 Å². The molecule has 2 heterocycles. The SMILES string of the molecule is CCN(CC)CCOC(=O)Nc1cnccc1Cn1cc(O)n(-c2ccc(OC(F)(F)F)cc2)c1=O. The van der Waals surface area contributed by atoms with Crippen molar-refractivity contribution in [3.05, 3.63) is 65.0 Å². The van der Waals surface area contributed by atoms with Crippen molar-refractivity contribution in [2.45, 2.75) is 26.8 Å². The Kier molecular flexibility index (Phi) is 8.59. The van der Waals surface area contributed by atoms with Gasteiger partial charge >= 0.3 is 18.1 Å². The van der Waals surface area contributed by atoms with Crippen molar-refractivity contribution < 1.29 is 32.5 Å². The fourth-order valence-electron chi connectivity index (χ4n) is 3.44. The zero-order chi connectivity index (χ0) is 26.3. The third-order valence-corrected chi connectivity index (χ3v) is 5.29. The Morgan fingerprint density at radius 1 is 1.17 bits per heavy atom. The van der Waals surface area contributed by atoms with Gasteiger partial charge in [-0.15, -0.1) is 13.2 Å². The highest BCUT2D eigenvalue weighted by Crippen LogP contribution is 2.25. The first-order valence-corrected chi connectivity index (χ1v) is 11.1. The highest BCUT2D eigenvalue weighted by molar-refractivity contribution is 5.85. The number of rotatable bonds is 10. The van der Waals surface area contributed by atoms with Gasteiger partial charge < -0.3 is 19.5 Å². The number of amides is 1. The van der Waals surface area contributed by atoms with E-state index in [9.17, 15) is 27.9 Å². The Hall–Kier alpha value is -4.00. The summed E-state index contributed by atoms with van der Waals surface area (Å²) < 4.78 is 48.3. The third-order valence-electron chi connectivity index (χ3n) is 5.29. The number of alkyl halides is 3. The number of aromatic nitrogens is 3. The summed E-state index contributed by atoms with van der Waals surface area (Å²) in [6.07, 6.45) is -1.46. The number of carbonyl (C=O) groups is 1. The largest absolute Gasteiger partial charge is 0.573 e. The van der Waals surface area contributed by atoms with E-state index in [0.29, 0.717) is 17.8 Å². The third kappa shape index (κ3) is 7.01. The predicted molar refractivity (Wildman–Crippen MR) is 124 cm³/mol. The smallest absolute Gasteiger partial charge is 0.493 e. The summed E-state index contributed by atoms with van der Waals surface area (Å²) in [5.74, 6) is -0.890. The van der Waals surface area contributed by atoms with Crippen LogP contribution in [0, 0.1) is 0 Å². The average Bonchev–Trinajstić information content (AvgIpc) is 3.10. The Morgan fingerprint density at radius 2 is 1.86 bits per heavy atom. The lowest BCUT2D eigenvalue weighted by Crippen LogP contribution is -2.29. The van der Waals surface area contributed by atoms with Crippen molar-refractivity contribution in [1.29, 1.82) is 0 Å². The number of imidazole rings is 1.